The summed E-state index contributed by atoms with van der Waals surface area (Å²) >= 11 is 0. The summed E-state index contributed by atoms with van der Waals surface area (Å²) in [6, 6.07) is 84.0. The van der Waals surface area contributed by atoms with Crippen LogP contribution in [0, 0.1) is 0 Å². The molecule has 0 N–H and O–H groups in total. The predicted octanol–water partition coefficient (Wildman–Crippen LogP) is 16.2. The first-order valence-corrected chi connectivity index (χ1v) is 22.5. The summed E-state index contributed by atoms with van der Waals surface area (Å²) in [5.74, 6) is 1.76. The van der Waals surface area contributed by atoms with Gasteiger partial charge in [-0.15, -0.1) is 0 Å². The summed E-state index contributed by atoms with van der Waals surface area (Å²) in [5, 5.41) is 2.18. The molecule has 314 valence electrons. The number of rotatable bonds is 9. The molecule has 9 aromatic carbocycles. The molecule has 5 heteroatoms. The number of para-hydroxylation sites is 2. The SMILES string of the molecule is c1ccc(-c2nc(-c3ccc(-c4c(-c5ccccc5)c(-c5ccccc5)nc(-c5ccccc5)c4-c4ccccc4)cc3)nc(-c3cccc(-c4cccc5c4oc4ccccc45)c3)n2)cc1. The lowest BCUT2D eigenvalue weighted by molar-refractivity contribution is 0.670. The minimum Gasteiger partial charge on any atom is -0.455 e. The van der Waals surface area contributed by atoms with Gasteiger partial charge in [0.25, 0.3) is 0 Å². The van der Waals surface area contributed by atoms with Crippen molar-refractivity contribution in [2.75, 3.05) is 0 Å². The van der Waals surface area contributed by atoms with Gasteiger partial charge in [-0.25, -0.2) is 19.9 Å². The summed E-state index contributed by atoms with van der Waals surface area (Å²) < 4.78 is 6.46. The predicted molar refractivity (Wildman–Crippen MR) is 274 cm³/mol. The zero-order valence-electron chi connectivity index (χ0n) is 36.3. The van der Waals surface area contributed by atoms with E-state index in [1.54, 1.807) is 0 Å². The normalized spacial score (nSPS) is 11.3. The summed E-state index contributed by atoms with van der Waals surface area (Å²) in [7, 11) is 0. The highest BCUT2D eigenvalue weighted by Crippen LogP contribution is 2.49. The second-order valence-corrected chi connectivity index (χ2v) is 16.5. The number of benzene rings is 9. The van der Waals surface area contributed by atoms with E-state index in [4.69, 9.17) is 24.4 Å². The standard InChI is InChI=1S/C62H40N4O/c1-6-20-41(21-7-1)55-54(56(42-22-8-2-9-23-42)58(45-26-12-4-13-27-45)63-57(55)44-24-10-3-11-25-44)43-36-38-47(39-37-43)61-64-60(46-28-14-5-15-29-46)65-62(66-61)49-31-18-30-48(40-49)50-33-19-34-52-51-32-16-17-35-53(51)67-59(50)52/h1-40H. The second-order valence-electron chi connectivity index (χ2n) is 16.5. The molecule has 0 aliphatic rings. The Morgan fingerprint density at radius 1 is 0.254 bits per heavy atom. The summed E-state index contributed by atoms with van der Waals surface area (Å²) in [4.78, 5) is 21.1. The quantitative estimate of drug-likeness (QED) is 0.145. The van der Waals surface area contributed by atoms with Gasteiger partial charge in [0.2, 0.25) is 0 Å². The van der Waals surface area contributed by atoms with Crippen molar-refractivity contribution < 1.29 is 4.42 Å². The zero-order chi connectivity index (χ0) is 44.5. The summed E-state index contributed by atoms with van der Waals surface area (Å²) in [6.45, 7) is 0. The second kappa shape index (κ2) is 17.1. The monoisotopic (exact) mass is 856 g/mol. The Morgan fingerprint density at radius 3 is 1.21 bits per heavy atom. The highest BCUT2D eigenvalue weighted by molar-refractivity contribution is 6.10. The minimum atomic E-state index is 0.580. The van der Waals surface area contributed by atoms with E-state index in [9.17, 15) is 0 Å². The molecule has 0 aliphatic heterocycles. The van der Waals surface area contributed by atoms with Gasteiger partial charge in [0.05, 0.1) is 11.4 Å². The first kappa shape index (κ1) is 39.5. The molecule has 0 spiro atoms. The van der Waals surface area contributed by atoms with Crippen LogP contribution in [-0.4, -0.2) is 19.9 Å². The van der Waals surface area contributed by atoms with Gasteiger partial charge < -0.3 is 4.42 Å². The van der Waals surface area contributed by atoms with E-state index in [2.05, 4.69) is 194 Å². The van der Waals surface area contributed by atoms with Crippen LogP contribution in [0.25, 0.3) is 123 Å². The van der Waals surface area contributed by atoms with E-state index in [-0.39, 0.29) is 0 Å². The largest absolute Gasteiger partial charge is 0.455 e. The van der Waals surface area contributed by atoms with Crippen molar-refractivity contribution in [2.45, 2.75) is 0 Å². The van der Waals surface area contributed by atoms with E-state index in [0.29, 0.717) is 17.5 Å². The van der Waals surface area contributed by atoms with Crippen LogP contribution in [0.15, 0.2) is 247 Å². The fourth-order valence-corrected chi connectivity index (χ4v) is 9.19. The summed E-state index contributed by atoms with van der Waals surface area (Å²) in [5.41, 5.74) is 16.7. The number of fused-ring (bicyclic) bond motifs is 3. The average molecular weight is 857 g/mol. The molecule has 0 aliphatic carbocycles. The first-order chi connectivity index (χ1) is 33.2. The van der Waals surface area contributed by atoms with Crippen LogP contribution in [0.5, 0.6) is 0 Å². The molecular formula is C62H40N4O. The molecule has 0 bridgehead atoms. The van der Waals surface area contributed by atoms with Gasteiger partial charge in [-0.2, -0.15) is 0 Å². The van der Waals surface area contributed by atoms with Crippen LogP contribution >= 0.6 is 0 Å². The summed E-state index contributed by atoms with van der Waals surface area (Å²) in [6.07, 6.45) is 0. The lowest BCUT2D eigenvalue weighted by Gasteiger charge is -2.23. The number of nitrogens with zero attached hydrogens (tertiary/aromatic N) is 4. The van der Waals surface area contributed by atoms with E-state index in [1.165, 1.54) is 0 Å². The van der Waals surface area contributed by atoms with Gasteiger partial charge in [-0.3, -0.25) is 0 Å². The maximum atomic E-state index is 6.46. The molecule has 5 nitrogen and oxygen atoms in total. The number of hydrogen-bond acceptors (Lipinski definition) is 5. The van der Waals surface area contributed by atoms with Crippen molar-refractivity contribution in [3.05, 3.63) is 243 Å². The van der Waals surface area contributed by atoms with Crippen LogP contribution in [0.2, 0.25) is 0 Å². The fraction of sp³-hybridized carbons (Fsp3) is 0. The number of hydrogen-bond donors (Lipinski definition) is 0. The van der Waals surface area contributed by atoms with E-state index >= 15 is 0 Å². The van der Waals surface area contributed by atoms with E-state index in [0.717, 1.165) is 106 Å². The molecular weight excluding hydrogens is 817 g/mol. The van der Waals surface area contributed by atoms with E-state index < -0.39 is 0 Å². The Labute approximate surface area is 388 Å². The van der Waals surface area contributed by atoms with Crippen molar-refractivity contribution in [3.8, 4) is 101 Å². The van der Waals surface area contributed by atoms with Crippen molar-refractivity contribution in [1.29, 1.82) is 0 Å². The van der Waals surface area contributed by atoms with Gasteiger partial charge in [0.1, 0.15) is 11.2 Å². The molecule has 0 fully saturated rings. The lowest BCUT2D eigenvalue weighted by Crippen LogP contribution is -2.02. The van der Waals surface area contributed by atoms with Gasteiger partial charge >= 0.3 is 0 Å². The molecule has 0 unspecified atom stereocenters. The maximum absolute atomic E-state index is 6.46. The van der Waals surface area contributed by atoms with Crippen LogP contribution in [0.4, 0.5) is 0 Å². The van der Waals surface area contributed by atoms with Crippen molar-refractivity contribution in [2.24, 2.45) is 0 Å². The molecule has 0 amide bonds. The number of furan rings is 1. The van der Waals surface area contributed by atoms with Crippen LogP contribution in [0.3, 0.4) is 0 Å². The Hall–Kier alpha value is -9.06. The van der Waals surface area contributed by atoms with Crippen molar-refractivity contribution in [3.63, 3.8) is 0 Å². The fourth-order valence-electron chi connectivity index (χ4n) is 9.19. The highest BCUT2D eigenvalue weighted by Gasteiger charge is 2.25. The van der Waals surface area contributed by atoms with Gasteiger partial charge in [-0.05, 0) is 34.4 Å². The molecule has 67 heavy (non-hydrogen) atoms. The minimum absolute atomic E-state index is 0.580. The Bertz CT molecular complexity index is 3600. The van der Waals surface area contributed by atoms with Crippen molar-refractivity contribution in [1.82, 2.24) is 19.9 Å². The molecule has 0 saturated heterocycles. The van der Waals surface area contributed by atoms with Crippen LogP contribution in [0.1, 0.15) is 0 Å². The smallest absolute Gasteiger partial charge is 0.164 e. The van der Waals surface area contributed by atoms with Crippen LogP contribution < -0.4 is 0 Å². The molecule has 0 radical (unpaired) electrons. The topological polar surface area (TPSA) is 64.7 Å². The highest BCUT2D eigenvalue weighted by atomic mass is 16.3. The van der Waals surface area contributed by atoms with Gasteiger partial charge in [0.15, 0.2) is 17.5 Å². The Balaban J connectivity index is 1.04. The Morgan fingerprint density at radius 2 is 0.642 bits per heavy atom. The average Bonchev–Trinajstić information content (AvgIpc) is 3.81. The molecule has 0 saturated carbocycles. The number of pyridine rings is 1. The third-order valence-electron chi connectivity index (χ3n) is 12.4. The molecule has 3 aromatic heterocycles. The van der Waals surface area contributed by atoms with Gasteiger partial charge in [0, 0.05) is 60.8 Å². The third kappa shape index (κ3) is 7.44. The molecule has 12 aromatic rings. The molecule has 12 rings (SSSR count). The van der Waals surface area contributed by atoms with Crippen LogP contribution in [-0.2, 0) is 0 Å². The molecule has 0 atom stereocenters. The third-order valence-corrected chi connectivity index (χ3v) is 12.4. The van der Waals surface area contributed by atoms with Gasteiger partial charge in [-0.1, -0.05) is 231 Å². The maximum Gasteiger partial charge on any atom is 0.164 e. The first-order valence-electron chi connectivity index (χ1n) is 22.5. The Kier molecular flexibility index (Phi) is 10.1. The number of aromatic nitrogens is 4. The lowest BCUT2D eigenvalue weighted by atomic mass is 9.83. The van der Waals surface area contributed by atoms with E-state index in [1.807, 2.05) is 48.5 Å². The van der Waals surface area contributed by atoms with Crippen molar-refractivity contribution >= 4 is 21.9 Å². The molecule has 3 heterocycles. The zero-order valence-corrected chi connectivity index (χ0v) is 36.3.